The van der Waals surface area contributed by atoms with Crippen LogP contribution in [-0.4, -0.2) is 41.3 Å². The van der Waals surface area contributed by atoms with E-state index in [2.05, 4.69) is 0 Å². The van der Waals surface area contributed by atoms with E-state index in [1.165, 1.54) is 4.90 Å². The molecule has 1 heterocycles. The first-order chi connectivity index (χ1) is 6.66. The molecule has 0 aromatic carbocycles. The maximum atomic E-state index is 11.3. The van der Waals surface area contributed by atoms with Crippen molar-refractivity contribution in [2.75, 3.05) is 13.2 Å². The smallest absolute Gasteiger partial charge is 0.410 e. The highest BCUT2D eigenvalue weighted by atomic mass is 16.6. The largest absolute Gasteiger partial charge is 0.480 e. The molecule has 1 saturated heterocycles. The van der Waals surface area contributed by atoms with E-state index >= 15 is 0 Å². The zero-order valence-corrected chi connectivity index (χ0v) is 8.23. The van der Waals surface area contributed by atoms with Crippen molar-refractivity contribution >= 4 is 12.1 Å². The lowest BCUT2D eigenvalue weighted by Crippen LogP contribution is -2.55. The second kappa shape index (κ2) is 4.83. The third-order valence-electron chi connectivity index (χ3n) is 2.26. The van der Waals surface area contributed by atoms with Gasteiger partial charge in [0, 0.05) is 6.54 Å². The van der Waals surface area contributed by atoms with Crippen molar-refractivity contribution in [3.05, 3.63) is 0 Å². The summed E-state index contributed by atoms with van der Waals surface area (Å²) in [5.41, 5.74) is 0. The number of aliphatic carboxylic acids is 1. The second-order valence-electron chi connectivity index (χ2n) is 3.30. The maximum absolute atomic E-state index is 11.3. The molecular formula is C9H15NO4. The Bertz CT molecular complexity index is 229. The zero-order chi connectivity index (χ0) is 10.6. The van der Waals surface area contributed by atoms with E-state index in [1.807, 2.05) is 6.92 Å². The van der Waals surface area contributed by atoms with Crippen LogP contribution >= 0.6 is 0 Å². The molecule has 0 bridgehead atoms. The number of hydrogen-bond donors (Lipinski definition) is 1. The topological polar surface area (TPSA) is 66.8 Å². The van der Waals surface area contributed by atoms with Crippen LogP contribution in [0.1, 0.15) is 26.2 Å². The summed E-state index contributed by atoms with van der Waals surface area (Å²) in [4.78, 5) is 23.1. The lowest BCUT2D eigenvalue weighted by Gasteiger charge is -2.36. The monoisotopic (exact) mass is 201 g/mol. The number of likely N-dealkylation sites (tertiary alicyclic amines) is 1. The molecule has 5 heteroatoms. The first-order valence-corrected chi connectivity index (χ1v) is 4.83. The molecule has 0 aliphatic carbocycles. The minimum absolute atomic E-state index is 0.373. The highest BCUT2D eigenvalue weighted by molar-refractivity contribution is 5.81. The molecule has 0 unspecified atom stereocenters. The van der Waals surface area contributed by atoms with Gasteiger partial charge in [0.2, 0.25) is 0 Å². The summed E-state index contributed by atoms with van der Waals surface area (Å²) in [7, 11) is 0. The molecule has 80 valence electrons. The summed E-state index contributed by atoms with van der Waals surface area (Å²) in [6.07, 6.45) is 1.79. The molecular weight excluding hydrogens is 186 g/mol. The predicted octanol–water partition coefficient (Wildman–Crippen LogP) is 1.08. The average molecular weight is 201 g/mol. The van der Waals surface area contributed by atoms with Gasteiger partial charge in [0.25, 0.3) is 0 Å². The van der Waals surface area contributed by atoms with E-state index in [1.54, 1.807) is 0 Å². The molecule has 5 nitrogen and oxygen atoms in total. The number of carbonyl (C=O) groups excluding carboxylic acids is 1. The lowest BCUT2D eigenvalue weighted by atomic mass is 10.1. The van der Waals surface area contributed by atoms with Crippen LogP contribution in [0.5, 0.6) is 0 Å². The number of amides is 1. The van der Waals surface area contributed by atoms with E-state index in [-0.39, 0.29) is 0 Å². The summed E-state index contributed by atoms with van der Waals surface area (Å²) in [5.74, 6) is -0.955. The third-order valence-corrected chi connectivity index (χ3v) is 2.26. The molecule has 1 N–H and O–H groups in total. The Kier molecular flexibility index (Phi) is 3.73. The number of carboxylic acid groups (broad SMARTS) is 1. The number of ether oxygens (including phenoxy) is 1. The quantitative estimate of drug-likeness (QED) is 0.691. The van der Waals surface area contributed by atoms with Gasteiger partial charge in [0.1, 0.15) is 6.04 Å². The van der Waals surface area contributed by atoms with Crippen LogP contribution in [0.2, 0.25) is 0 Å². The Morgan fingerprint density at radius 3 is 2.71 bits per heavy atom. The number of carboxylic acids is 1. The number of unbranched alkanes of at least 4 members (excludes halogenated alkanes) is 1. The van der Waals surface area contributed by atoms with Crippen molar-refractivity contribution in [3.8, 4) is 0 Å². The van der Waals surface area contributed by atoms with Crippen LogP contribution < -0.4 is 0 Å². The number of nitrogens with zero attached hydrogens (tertiary/aromatic N) is 1. The molecule has 1 aliphatic rings. The standard InChI is InChI=1S/C9H15NO4/c1-2-3-6-14-9(13)10-5-4-7(10)8(11)12/h7H,2-6H2,1H3,(H,11,12)/t7-/m1/s1. The van der Waals surface area contributed by atoms with Gasteiger partial charge in [-0.25, -0.2) is 9.59 Å². The molecule has 1 aliphatic heterocycles. The van der Waals surface area contributed by atoms with Gasteiger partial charge in [-0.1, -0.05) is 13.3 Å². The van der Waals surface area contributed by atoms with Crippen molar-refractivity contribution in [2.45, 2.75) is 32.2 Å². The fourth-order valence-corrected chi connectivity index (χ4v) is 1.25. The van der Waals surface area contributed by atoms with Gasteiger partial charge in [-0.05, 0) is 12.8 Å². The molecule has 1 rings (SSSR count). The molecule has 1 fully saturated rings. The Morgan fingerprint density at radius 2 is 2.29 bits per heavy atom. The zero-order valence-electron chi connectivity index (χ0n) is 8.23. The highest BCUT2D eigenvalue weighted by Gasteiger charge is 2.38. The van der Waals surface area contributed by atoms with Crippen LogP contribution in [-0.2, 0) is 9.53 Å². The van der Waals surface area contributed by atoms with E-state index in [0.717, 1.165) is 12.8 Å². The lowest BCUT2D eigenvalue weighted by molar-refractivity contribution is -0.146. The summed E-state index contributed by atoms with van der Waals surface area (Å²) < 4.78 is 4.89. The van der Waals surface area contributed by atoms with Crippen molar-refractivity contribution in [1.82, 2.24) is 4.90 Å². The van der Waals surface area contributed by atoms with Gasteiger partial charge in [0.15, 0.2) is 0 Å². The van der Waals surface area contributed by atoms with Gasteiger partial charge in [-0.2, -0.15) is 0 Å². The van der Waals surface area contributed by atoms with Crippen LogP contribution in [0.15, 0.2) is 0 Å². The maximum Gasteiger partial charge on any atom is 0.410 e. The van der Waals surface area contributed by atoms with Gasteiger partial charge in [-0.3, -0.25) is 4.90 Å². The van der Waals surface area contributed by atoms with E-state index < -0.39 is 18.1 Å². The van der Waals surface area contributed by atoms with Crippen molar-refractivity contribution in [1.29, 1.82) is 0 Å². The number of hydrogen-bond acceptors (Lipinski definition) is 3. The molecule has 0 aromatic heterocycles. The Hall–Kier alpha value is -1.26. The van der Waals surface area contributed by atoms with Crippen molar-refractivity contribution in [3.63, 3.8) is 0 Å². The molecule has 1 amide bonds. The van der Waals surface area contributed by atoms with Crippen LogP contribution in [0.3, 0.4) is 0 Å². The van der Waals surface area contributed by atoms with E-state index in [4.69, 9.17) is 9.84 Å². The normalized spacial score (nSPS) is 20.1. The molecule has 1 atom stereocenters. The first kappa shape index (κ1) is 10.8. The summed E-state index contributed by atoms with van der Waals surface area (Å²) in [5, 5.41) is 8.67. The third kappa shape index (κ3) is 2.37. The minimum atomic E-state index is -0.955. The fourth-order valence-electron chi connectivity index (χ4n) is 1.25. The Balaban J connectivity index is 2.27. The molecule has 0 radical (unpaired) electrons. The number of rotatable bonds is 4. The SMILES string of the molecule is CCCCOC(=O)N1CC[C@@H]1C(=O)O. The fraction of sp³-hybridized carbons (Fsp3) is 0.778. The second-order valence-corrected chi connectivity index (χ2v) is 3.30. The van der Waals surface area contributed by atoms with Gasteiger partial charge >= 0.3 is 12.1 Å². The van der Waals surface area contributed by atoms with Crippen molar-refractivity contribution in [2.24, 2.45) is 0 Å². The molecule has 14 heavy (non-hydrogen) atoms. The van der Waals surface area contributed by atoms with E-state index in [9.17, 15) is 9.59 Å². The number of carbonyl (C=O) groups is 2. The van der Waals surface area contributed by atoms with E-state index in [0.29, 0.717) is 19.6 Å². The van der Waals surface area contributed by atoms with Crippen LogP contribution in [0.25, 0.3) is 0 Å². The summed E-state index contributed by atoms with van der Waals surface area (Å²) in [6.45, 7) is 2.86. The predicted molar refractivity (Wildman–Crippen MR) is 49.0 cm³/mol. The average Bonchev–Trinajstić information content (AvgIpc) is 2.01. The molecule has 0 aromatic rings. The van der Waals surface area contributed by atoms with Crippen LogP contribution in [0.4, 0.5) is 4.79 Å². The van der Waals surface area contributed by atoms with Gasteiger partial charge in [0.05, 0.1) is 6.61 Å². The van der Waals surface area contributed by atoms with Gasteiger partial charge in [-0.15, -0.1) is 0 Å². The highest BCUT2D eigenvalue weighted by Crippen LogP contribution is 2.18. The van der Waals surface area contributed by atoms with Crippen LogP contribution in [0, 0.1) is 0 Å². The summed E-state index contributed by atoms with van der Waals surface area (Å²) in [6, 6.07) is -0.677. The molecule has 0 spiro atoms. The first-order valence-electron chi connectivity index (χ1n) is 4.83. The van der Waals surface area contributed by atoms with Gasteiger partial charge < -0.3 is 9.84 Å². The Morgan fingerprint density at radius 1 is 1.57 bits per heavy atom. The summed E-state index contributed by atoms with van der Waals surface area (Å²) >= 11 is 0. The Labute approximate surface area is 82.6 Å². The van der Waals surface area contributed by atoms with Crippen molar-refractivity contribution < 1.29 is 19.4 Å². The molecule has 0 saturated carbocycles. The minimum Gasteiger partial charge on any atom is -0.480 e.